The molecular weight excluding hydrogens is 340 g/mol. The fourth-order valence-electron chi connectivity index (χ4n) is 2.25. The molecule has 0 amide bonds. The maximum atomic E-state index is 10.7. The summed E-state index contributed by atoms with van der Waals surface area (Å²) in [7, 11) is 1.86. The molecule has 0 bridgehead atoms. The largest absolute Gasteiger partial charge is 0.385 e. The zero-order valence-corrected chi connectivity index (χ0v) is 14.2. The van der Waals surface area contributed by atoms with Crippen LogP contribution in [0.1, 0.15) is 30.8 Å². The summed E-state index contributed by atoms with van der Waals surface area (Å²) in [5.74, 6) is 0. The van der Waals surface area contributed by atoms with Crippen LogP contribution in [0.15, 0.2) is 28.7 Å². The average Bonchev–Trinajstić information content (AvgIpc) is 2.66. The molecule has 108 valence electrons. The van der Waals surface area contributed by atoms with Crippen LogP contribution in [0.4, 0.5) is 0 Å². The third-order valence-corrected chi connectivity index (χ3v) is 4.45. The predicted octanol–water partition coefficient (Wildman–Crippen LogP) is 3.85. The first-order valence-corrected chi connectivity index (χ1v) is 7.71. The smallest absolute Gasteiger partial charge is 0.0924 e. The molecule has 0 aliphatic carbocycles. The summed E-state index contributed by atoms with van der Waals surface area (Å²) in [5, 5.41) is 15.8. The summed E-state index contributed by atoms with van der Waals surface area (Å²) in [5.41, 5.74) is 1.60. The maximum Gasteiger partial charge on any atom is 0.0924 e. The highest BCUT2D eigenvalue weighted by Gasteiger charge is 2.27. The molecule has 1 unspecified atom stereocenters. The Kier molecular flexibility index (Phi) is 4.57. The van der Waals surface area contributed by atoms with Gasteiger partial charge in [0.15, 0.2) is 0 Å². The molecule has 0 radical (unpaired) electrons. The van der Waals surface area contributed by atoms with Gasteiger partial charge in [-0.25, -0.2) is 0 Å². The molecule has 1 N–H and O–H groups in total. The van der Waals surface area contributed by atoms with Crippen LogP contribution < -0.4 is 0 Å². The van der Waals surface area contributed by atoms with Gasteiger partial charge in [-0.3, -0.25) is 4.68 Å². The van der Waals surface area contributed by atoms with Crippen molar-refractivity contribution in [2.75, 3.05) is 0 Å². The van der Waals surface area contributed by atoms with E-state index in [2.05, 4.69) is 21.0 Å². The van der Waals surface area contributed by atoms with E-state index >= 15 is 0 Å². The van der Waals surface area contributed by atoms with Crippen molar-refractivity contribution in [3.05, 3.63) is 50.7 Å². The zero-order valence-electron chi connectivity index (χ0n) is 11.8. The molecule has 0 aliphatic rings. The van der Waals surface area contributed by atoms with Gasteiger partial charge < -0.3 is 5.11 Å². The van der Waals surface area contributed by atoms with Gasteiger partial charge in [-0.2, -0.15) is 5.10 Å². The van der Waals surface area contributed by atoms with E-state index in [0.29, 0.717) is 11.4 Å². The molecule has 2 rings (SSSR count). The van der Waals surface area contributed by atoms with Gasteiger partial charge in [0.25, 0.3) is 0 Å². The third kappa shape index (κ3) is 3.08. The molecule has 0 spiro atoms. The second kappa shape index (κ2) is 5.88. The monoisotopic (exact) mass is 356 g/mol. The van der Waals surface area contributed by atoms with Gasteiger partial charge in [0.2, 0.25) is 0 Å². The van der Waals surface area contributed by atoms with E-state index in [1.165, 1.54) is 0 Å². The van der Waals surface area contributed by atoms with Crippen LogP contribution in [0.2, 0.25) is 5.02 Å². The minimum atomic E-state index is -0.983. The van der Waals surface area contributed by atoms with Gasteiger partial charge in [-0.1, -0.05) is 46.6 Å². The fraction of sp³-hybridized carbons (Fsp3) is 0.400. The Labute approximate surface area is 132 Å². The van der Waals surface area contributed by atoms with Gasteiger partial charge in [0, 0.05) is 17.9 Å². The topological polar surface area (TPSA) is 38.0 Å². The molecule has 0 fully saturated rings. The molecule has 0 aliphatic heterocycles. The van der Waals surface area contributed by atoms with E-state index in [-0.39, 0.29) is 0 Å². The molecule has 3 nitrogen and oxygen atoms in total. The van der Waals surface area contributed by atoms with Crippen molar-refractivity contribution in [2.45, 2.75) is 32.3 Å². The number of aliphatic hydroxyl groups is 1. The van der Waals surface area contributed by atoms with Gasteiger partial charge in [-0.05, 0) is 31.0 Å². The van der Waals surface area contributed by atoms with Gasteiger partial charge >= 0.3 is 0 Å². The number of hydrogen-bond donors (Lipinski definition) is 1. The lowest BCUT2D eigenvalue weighted by Gasteiger charge is -2.24. The van der Waals surface area contributed by atoms with E-state index in [1.54, 1.807) is 11.6 Å². The van der Waals surface area contributed by atoms with Crippen molar-refractivity contribution in [3.63, 3.8) is 0 Å². The number of aryl methyl sites for hydroxylation is 2. The Morgan fingerprint density at radius 2 is 1.95 bits per heavy atom. The Balaban J connectivity index is 2.32. The normalized spacial score (nSPS) is 14.3. The molecule has 0 saturated heterocycles. The quantitative estimate of drug-likeness (QED) is 0.902. The molecule has 2 aromatic rings. The number of hydrogen-bond acceptors (Lipinski definition) is 2. The molecule has 0 saturated carbocycles. The molecular formula is C15H18BrClN2O. The fourth-order valence-corrected chi connectivity index (χ4v) is 2.87. The summed E-state index contributed by atoms with van der Waals surface area (Å²) in [6.07, 6.45) is 1.21. The lowest BCUT2D eigenvalue weighted by molar-refractivity contribution is 0.0556. The highest BCUT2D eigenvalue weighted by Crippen LogP contribution is 2.30. The highest BCUT2D eigenvalue weighted by molar-refractivity contribution is 9.10. The van der Waals surface area contributed by atoms with Crippen LogP contribution in [0, 0.1) is 0 Å². The molecule has 1 aromatic carbocycles. The van der Waals surface area contributed by atoms with Crippen LogP contribution in [-0.2, 0) is 25.5 Å². The van der Waals surface area contributed by atoms with Crippen LogP contribution in [0.25, 0.3) is 0 Å². The minimum absolute atomic E-state index is 0.428. The van der Waals surface area contributed by atoms with E-state index in [9.17, 15) is 5.11 Å². The summed E-state index contributed by atoms with van der Waals surface area (Å²) in [6, 6.07) is 7.67. The number of nitrogens with zero attached hydrogens (tertiary/aromatic N) is 2. The molecule has 1 heterocycles. The predicted molar refractivity (Wildman–Crippen MR) is 85.0 cm³/mol. The minimum Gasteiger partial charge on any atom is -0.385 e. The van der Waals surface area contributed by atoms with Crippen molar-refractivity contribution < 1.29 is 5.11 Å². The number of rotatable bonds is 4. The molecule has 1 aromatic heterocycles. The number of halogens is 2. The van der Waals surface area contributed by atoms with Crippen LogP contribution in [0.5, 0.6) is 0 Å². The standard InChI is InChI=1S/C15H18BrClN2O/c1-4-12-14(17)13(19(3)18-12)9-15(2,20)10-5-7-11(16)8-6-10/h5-8,20H,4,9H2,1-3H3. The van der Waals surface area contributed by atoms with Crippen molar-refractivity contribution in [1.82, 2.24) is 9.78 Å². The summed E-state index contributed by atoms with van der Waals surface area (Å²) in [6.45, 7) is 3.82. The molecule has 20 heavy (non-hydrogen) atoms. The van der Waals surface area contributed by atoms with E-state index in [4.69, 9.17) is 11.6 Å². The summed E-state index contributed by atoms with van der Waals surface area (Å²) < 4.78 is 2.75. The second-order valence-electron chi connectivity index (χ2n) is 5.14. The van der Waals surface area contributed by atoms with Gasteiger partial charge in [0.1, 0.15) is 0 Å². The van der Waals surface area contributed by atoms with Crippen LogP contribution in [0.3, 0.4) is 0 Å². The van der Waals surface area contributed by atoms with Crippen LogP contribution in [-0.4, -0.2) is 14.9 Å². The first kappa shape index (κ1) is 15.5. The first-order valence-electron chi connectivity index (χ1n) is 6.54. The SMILES string of the molecule is CCc1nn(C)c(CC(C)(O)c2ccc(Br)cc2)c1Cl. The van der Waals surface area contributed by atoms with Crippen molar-refractivity contribution in [2.24, 2.45) is 7.05 Å². The summed E-state index contributed by atoms with van der Waals surface area (Å²) >= 11 is 9.74. The second-order valence-corrected chi connectivity index (χ2v) is 6.44. The van der Waals surface area contributed by atoms with Gasteiger partial charge in [-0.15, -0.1) is 0 Å². The third-order valence-electron chi connectivity index (χ3n) is 3.48. The van der Waals surface area contributed by atoms with Crippen molar-refractivity contribution >= 4 is 27.5 Å². The van der Waals surface area contributed by atoms with Crippen molar-refractivity contribution in [1.29, 1.82) is 0 Å². The first-order chi connectivity index (χ1) is 9.35. The van der Waals surface area contributed by atoms with E-state index in [1.807, 2.05) is 38.2 Å². The Morgan fingerprint density at radius 3 is 2.45 bits per heavy atom. The van der Waals surface area contributed by atoms with Gasteiger partial charge in [0.05, 0.1) is 22.0 Å². The number of benzene rings is 1. The Hall–Kier alpha value is -0.840. The summed E-state index contributed by atoms with van der Waals surface area (Å²) in [4.78, 5) is 0. The zero-order chi connectivity index (χ0) is 14.9. The van der Waals surface area contributed by atoms with Crippen LogP contribution >= 0.6 is 27.5 Å². The average molecular weight is 358 g/mol. The maximum absolute atomic E-state index is 10.7. The highest BCUT2D eigenvalue weighted by atomic mass is 79.9. The lowest BCUT2D eigenvalue weighted by atomic mass is 9.91. The molecule has 5 heteroatoms. The number of aromatic nitrogens is 2. The molecule has 1 atom stereocenters. The lowest BCUT2D eigenvalue weighted by Crippen LogP contribution is -2.25. The van der Waals surface area contributed by atoms with E-state index < -0.39 is 5.60 Å². The van der Waals surface area contributed by atoms with Crippen molar-refractivity contribution in [3.8, 4) is 0 Å². The Morgan fingerprint density at radius 1 is 1.35 bits per heavy atom. The van der Waals surface area contributed by atoms with E-state index in [0.717, 1.165) is 27.8 Å². The Bertz CT molecular complexity index is 605.